The fourth-order valence-electron chi connectivity index (χ4n) is 3.30. The average molecular weight is 345 g/mol. The molecule has 25 heavy (non-hydrogen) atoms. The van der Waals surface area contributed by atoms with Crippen molar-refractivity contribution in [3.05, 3.63) is 53.2 Å². The molecule has 4 rings (SSSR count). The molecule has 0 aliphatic heterocycles. The second-order valence-electron chi connectivity index (χ2n) is 6.69. The molecule has 1 aromatic carbocycles. The maximum Gasteiger partial charge on any atom is 0.252 e. The molecule has 0 saturated heterocycles. The summed E-state index contributed by atoms with van der Waals surface area (Å²) < 4.78 is 42.2. The van der Waals surface area contributed by atoms with Crippen LogP contribution in [-0.4, -0.2) is 20.5 Å². The number of halogens is 3. The number of alkyl halides is 2. The zero-order chi connectivity index (χ0) is 17.8. The number of rotatable bonds is 4. The molecular weight excluding hydrogens is 327 g/mol. The summed E-state index contributed by atoms with van der Waals surface area (Å²) in [5, 5.41) is 8.25. The molecule has 1 saturated carbocycles. The highest BCUT2D eigenvalue weighted by molar-refractivity contribution is 5.73. The predicted octanol–water partition coefficient (Wildman–Crippen LogP) is 4.60. The number of fused-ring (bicyclic) bond motifs is 1. The van der Waals surface area contributed by atoms with Crippen LogP contribution in [0.25, 0.3) is 16.8 Å². The number of benzene rings is 1. The Morgan fingerprint density at radius 2 is 2.00 bits per heavy atom. The summed E-state index contributed by atoms with van der Waals surface area (Å²) in [4.78, 5) is 0. The number of hydrogen-bond acceptors (Lipinski definition) is 2. The Bertz CT molecular complexity index is 962. The van der Waals surface area contributed by atoms with Gasteiger partial charge in [0.05, 0.1) is 0 Å². The smallest absolute Gasteiger partial charge is 0.252 e. The summed E-state index contributed by atoms with van der Waals surface area (Å²) in [6, 6.07) is 7.07. The van der Waals surface area contributed by atoms with Gasteiger partial charge < -0.3 is 0 Å². The molecule has 1 aliphatic carbocycles. The Balaban J connectivity index is 1.72. The van der Waals surface area contributed by atoms with Crippen LogP contribution in [0, 0.1) is 18.7 Å². The number of pyridine rings is 1. The molecular formula is C19H18F3N3. The van der Waals surface area contributed by atoms with Gasteiger partial charge in [0.15, 0.2) is 5.65 Å². The third-order valence-corrected chi connectivity index (χ3v) is 5.03. The molecule has 0 spiro atoms. The van der Waals surface area contributed by atoms with Crippen LogP contribution in [0.2, 0.25) is 0 Å². The van der Waals surface area contributed by atoms with Crippen molar-refractivity contribution in [1.29, 1.82) is 0 Å². The molecule has 2 aromatic heterocycles. The van der Waals surface area contributed by atoms with Gasteiger partial charge in [-0.1, -0.05) is 19.1 Å². The average Bonchev–Trinajstić information content (AvgIpc) is 2.98. The monoisotopic (exact) mass is 345 g/mol. The topological polar surface area (TPSA) is 30.2 Å². The minimum atomic E-state index is -2.57. The summed E-state index contributed by atoms with van der Waals surface area (Å²) >= 11 is 0. The minimum absolute atomic E-state index is 0.0813. The highest BCUT2D eigenvalue weighted by atomic mass is 19.3. The van der Waals surface area contributed by atoms with Crippen LogP contribution in [-0.2, 0) is 12.8 Å². The second kappa shape index (κ2) is 5.58. The first-order valence-electron chi connectivity index (χ1n) is 8.40. The summed E-state index contributed by atoms with van der Waals surface area (Å²) in [7, 11) is 0. The van der Waals surface area contributed by atoms with E-state index >= 15 is 0 Å². The van der Waals surface area contributed by atoms with Gasteiger partial charge in [-0.3, -0.25) is 4.40 Å². The van der Waals surface area contributed by atoms with Gasteiger partial charge in [0.1, 0.15) is 11.6 Å². The summed E-state index contributed by atoms with van der Waals surface area (Å²) in [6.07, 6.45) is 2.55. The van der Waals surface area contributed by atoms with Crippen LogP contribution in [0.3, 0.4) is 0 Å². The molecule has 1 aliphatic rings. The number of aryl methyl sites for hydroxylation is 2. The predicted molar refractivity (Wildman–Crippen MR) is 89.3 cm³/mol. The molecule has 0 radical (unpaired) electrons. The fraction of sp³-hybridized carbons (Fsp3) is 0.368. The van der Waals surface area contributed by atoms with Crippen molar-refractivity contribution in [1.82, 2.24) is 14.6 Å². The SMILES string of the molecule is CCc1ccc(-c2ccn3c(CC4CC4(F)F)nnc3c2C)cc1F. The first-order chi connectivity index (χ1) is 11.9. The summed E-state index contributed by atoms with van der Waals surface area (Å²) in [5.41, 5.74) is 3.79. The van der Waals surface area contributed by atoms with E-state index in [2.05, 4.69) is 10.2 Å². The van der Waals surface area contributed by atoms with Gasteiger partial charge in [0, 0.05) is 30.5 Å². The van der Waals surface area contributed by atoms with Crippen molar-refractivity contribution < 1.29 is 13.2 Å². The van der Waals surface area contributed by atoms with E-state index in [4.69, 9.17) is 0 Å². The third kappa shape index (κ3) is 2.69. The van der Waals surface area contributed by atoms with Crippen LogP contribution in [0.1, 0.15) is 30.3 Å². The van der Waals surface area contributed by atoms with Crippen LogP contribution >= 0.6 is 0 Å². The zero-order valence-corrected chi connectivity index (χ0v) is 14.1. The molecule has 1 unspecified atom stereocenters. The molecule has 3 nitrogen and oxygen atoms in total. The van der Waals surface area contributed by atoms with Crippen molar-refractivity contribution in [2.75, 3.05) is 0 Å². The summed E-state index contributed by atoms with van der Waals surface area (Å²) in [5.74, 6) is -2.90. The Labute approximate surface area is 143 Å². The first-order valence-corrected chi connectivity index (χ1v) is 8.40. The van der Waals surface area contributed by atoms with Crippen molar-refractivity contribution in [2.45, 2.75) is 39.0 Å². The van der Waals surface area contributed by atoms with E-state index in [0.717, 1.165) is 16.7 Å². The molecule has 130 valence electrons. The highest BCUT2D eigenvalue weighted by Crippen LogP contribution is 2.50. The Morgan fingerprint density at radius 3 is 2.64 bits per heavy atom. The second-order valence-corrected chi connectivity index (χ2v) is 6.69. The van der Waals surface area contributed by atoms with E-state index in [9.17, 15) is 13.2 Å². The standard InChI is InChI=1S/C19H18F3N3/c1-3-12-4-5-13(8-16(12)20)15-6-7-25-17(9-14-10-19(14,21)22)23-24-18(25)11(15)2/h4-8,14H,3,9-10H2,1-2H3. The molecule has 0 amide bonds. The summed E-state index contributed by atoms with van der Waals surface area (Å²) in [6.45, 7) is 3.80. The lowest BCUT2D eigenvalue weighted by atomic mass is 10.00. The van der Waals surface area contributed by atoms with Gasteiger partial charge >= 0.3 is 0 Å². The van der Waals surface area contributed by atoms with Crippen LogP contribution < -0.4 is 0 Å². The normalized spacial score (nSPS) is 18.7. The Hall–Kier alpha value is -2.37. The minimum Gasteiger partial charge on any atom is -0.286 e. The highest BCUT2D eigenvalue weighted by Gasteiger charge is 2.56. The molecule has 1 fully saturated rings. The number of hydrogen-bond donors (Lipinski definition) is 0. The molecule has 6 heteroatoms. The quantitative estimate of drug-likeness (QED) is 0.691. The lowest BCUT2D eigenvalue weighted by Crippen LogP contribution is -2.02. The van der Waals surface area contributed by atoms with Gasteiger partial charge in [-0.15, -0.1) is 10.2 Å². The first kappa shape index (κ1) is 16.1. The van der Waals surface area contributed by atoms with Crippen molar-refractivity contribution in [2.24, 2.45) is 5.92 Å². The van der Waals surface area contributed by atoms with Crippen molar-refractivity contribution in [3.8, 4) is 11.1 Å². The Morgan fingerprint density at radius 1 is 1.24 bits per heavy atom. The van der Waals surface area contributed by atoms with Gasteiger partial charge in [0.2, 0.25) is 0 Å². The van der Waals surface area contributed by atoms with E-state index < -0.39 is 11.8 Å². The van der Waals surface area contributed by atoms with Crippen molar-refractivity contribution in [3.63, 3.8) is 0 Å². The maximum atomic E-state index is 14.1. The zero-order valence-electron chi connectivity index (χ0n) is 14.1. The van der Waals surface area contributed by atoms with E-state index in [-0.39, 0.29) is 18.7 Å². The molecule has 0 N–H and O–H groups in total. The van der Waals surface area contributed by atoms with E-state index in [0.29, 0.717) is 23.5 Å². The van der Waals surface area contributed by atoms with E-state index in [1.165, 1.54) is 6.07 Å². The fourth-order valence-corrected chi connectivity index (χ4v) is 3.30. The van der Waals surface area contributed by atoms with E-state index in [1.54, 1.807) is 16.7 Å². The molecule has 1 atom stereocenters. The van der Waals surface area contributed by atoms with Crippen LogP contribution in [0.15, 0.2) is 30.5 Å². The van der Waals surface area contributed by atoms with Crippen molar-refractivity contribution >= 4 is 5.65 Å². The van der Waals surface area contributed by atoms with Crippen LogP contribution in [0.5, 0.6) is 0 Å². The molecule has 2 heterocycles. The van der Waals surface area contributed by atoms with Gasteiger partial charge in [0.25, 0.3) is 5.92 Å². The molecule has 3 aromatic rings. The van der Waals surface area contributed by atoms with Crippen LogP contribution in [0.4, 0.5) is 13.2 Å². The number of aromatic nitrogens is 3. The van der Waals surface area contributed by atoms with Gasteiger partial charge in [-0.25, -0.2) is 13.2 Å². The van der Waals surface area contributed by atoms with Gasteiger partial charge in [-0.05, 0) is 42.2 Å². The molecule has 0 bridgehead atoms. The third-order valence-electron chi connectivity index (χ3n) is 5.03. The number of nitrogens with zero attached hydrogens (tertiary/aromatic N) is 3. The maximum absolute atomic E-state index is 14.1. The van der Waals surface area contributed by atoms with Gasteiger partial charge in [-0.2, -0.15) is 0 Å². The lowest BCUT2D eigenvalue weighted by Gasteiger charge is -2.10. The largest absolute Gasteiger partial charge is 0.286 e. The van der Waals surface area contributed by atoms with E-state index in [1.807, 2.05) is 26.0 Å². The Kier molecular flexibility index (Phi) is 3.60. The lowest BCUT2D eigenvalue weighted by molar-refractivity contribution is 0.0984.